The molecule has 0 fully saturated rings. The standard InChI is InChI=1S/C9H8IN3S/c10-7-4-2-1-3-6(7)5-8-12-13-9(11)14-8/h1-4H,5H2,(H2,11,13). The average Bonchev–Trinajstić information content (AvgIpc) is 2.56. The lowest BCUT2D eigenvalue weighted by Gasteiger charge is -1.99. The Morgan fingerprint density at radius 1 is 1.29 bits per heavy atom. The van der Waals surface area contributed by atoms with Crippen LogP contribution < -0.4 is 5.73 Å². The fourth-order valence-corrected chi connectivity index (χ4v) is 2.35. The zero-order valence-corrected chi connectivity index (χ0v) is 10.2. The first-order valence-electron chi connectivity index (χ1n) is 4.07. The molecule has 5 heteroatoms. The SMILES string of the molecule is Nc1nnc(Cc2ccccc2I)s1. The van der Waals surface area contributed by atoms with Gasteiger partial charge in [-0.05, 0) is 34.2 Å². The number of hydrogen-bond acceptors (Lipinski definition) is 4. The Balaban J connectivity index is 2.23. The number of hydrogen-bond donors (Lipinski definition) is 1. The molecule has 2 aromatic rings. The summed E-state index contributed by atoms with van der Waals surface area (Å²) in [5, 5.41) is 9.28. The molecule has 1 aromatic carbocycles. The van der Waals surface area contributed by atoms with Crippen molar-refractivity contribution in [2.45, 2.75) is 6.42 Å². The zero-order valence-electron chi connectivity index (χ0n) is 7.27. The van der Waals surface area contributed by atoms with Crippen LogP contribution in [0.5, 0.6) is 0 Å². The highest BCUT2D eigenvalue weighted by Crippen LogP contribution is 2.19. The summed E-state index contributed by atoms with van der Waals surface area (Å²) in [5.41, 5.74) is 6.78. The van der Waals surface area contributed by atoms with E-state index in [-0.39, 0.29) is 0 Å². The molecule has 0 aliphatic carbocycles. The van der Waals surface area contributed by atoms with Gasteiger partial charge in [-0.2, -0.15) is 0 Å². The maximum absolute atomic E-state index is 5.51. The monoisotopic (exact) mass is 317 g/mol. The Kier molecular flexibility index (Phi) is 2.97. The van der Waals surface area contributed by atoms with Crippen molar-refractivity contribution in [1.82, 2.24) is 10.2 Å². The first-order chi connectivity index (χ1) is 6.75. The van der Waals surface area contributed by atoms with Crippen molar-refractivity contribution in [2.75, 3.05) is 5.73 Å². The lowest BCUT2D eigenvalue weighted by molar-refractivity contribution is 1.00. The van der Waals surface area contributed by atoms with Crippen LogP contribution in [0, 0.1) is 3.57 Å². The Morgan fingerprint density at radius 2 is 2.07 bits per heavy atom. The second-order valence-electron chi connectivity index (χ2n) is 2.80. The van der Waals surface area contributed by atoms with Gasteiger partial charge < -0.3 is 5.73 Å². The second-order valence-corrected chi connectivity index (χ2v) is 5.06. The zero-order chi connectivity index (χ0) is 9.97. The van der Waals surface area contributed by atoms with Crippen LogP contribution in [-0.2, 0) is 6.42 Å². The van der Waals surface area contributed by atoms with Gasteiger partial charge >= 0.3 is 0 Å². The molecule has 0 bridgehead atoms. The van der Waals surface area contributed by atoms with Crippen molar-refractivity contribution in [3.05, 3.63) is 38.4 Å². The second kappa shape index (κ2) is 4.22. The van der Waals surface area contributed by atoms with Crippen molar-refractivity contribution >= 4 is 39.1 Å². The maximum Gasteiger partial charge on any atom is 0.203 e. The van der Waals surface area contributed by atoms with E-state index < -0.39 is 0 Å². The molecule has 1 heterocycles. The number of halogens is 1. The van der Waals surface area contributed by atoms with Crippen LogP contribution in [0.2, 0.25) is 0 Å². The predicted molar refractivity (Wildman–Crippen MR) is 66.3 cm³/mol. The molecule has 0 aliphatic heterocycles. The highest BCUT2D eigenvalue weighted by molar-refractivity contribution is 14.1. The van der Waals surface area contributed by atoms with Gasteiger partial charge in [0.25, 0.3) is 0 Å². The fourth-order valence-electron chi connectivity index (χ4n) is 1.14. The Labute approximate surface area is 99.5 Å². The topological polar surface area (TPSA) is 51.8 Å². The summed E-state index contributed by atoms with van der Waals surface area (Å²) in [6, 6.07) is 8.24. The third-order valence-electron chi connectivity index (χ3n) is 1.78. The Bertz CT molecular complexity index is 441. The van der Waals surface area contributed by atoms with Gasteiger partial charge in [-0.3, -0.25) is 0 Å². The molecule has 0 aliphatic rings. The number of anilines is 1. The van der Waals surface area contributed by atoms with Crippen molar-refractivity contribution in [1.29, 1.82) is 0 Å². The van der Waals surface area contributed by atoms with E-state index in [4.69, 9.17) is 5.73 Å². The van der Waals surface area contributed by atoms with E-state index in [0.29, 0.717) is 5.13 Å². The van der Waals surface area contributed by atoms with E-state index in [1.807, 2.05) is 12.1 Å². The number of aromatic nitrogens is 2. The minimum atomic E-state index is 0.533. The average molecular weight is 317 g/mol. The lowest BCUT2D eigenvalue weighted by Crippen LogP contribution is -1.90. The van der Waals surface area contributed by atoms with Gasteiger partial charge in [-0.1, -0.05) is 29.5 Å². The molecule has 0 saturated carbocycles. The molecule has 0 atom stereocenters. The minimum absolute atomic E-state index is 0.533. The van der Waals surface area contributed by atoms with Gasteiger partial charge in [0, 0.05) is 9.99 Å². The van der Waals surface area contributed by atoms with Crippen molar-refractivity contribution < 1.29 is 0 Å². The molecule has 3 nitrogen and oxygen atoms in total. The highest BCUT2D eigenvalue weighted by atomic mass is 127. The molecule has 2 N–H and O–H groups in total. The number of benzene rings is 1. The largest absolute Gasteiger partial charge is 0.374 e. The molecule has 0 radical (unpaired) electrons. The van der Waals surface area contributed by atoms with Crippen LogP contribution >= 0.6 is 33.9 Å². The van der Waals surface area contributed by atoms with Gasteiger partial charge in [-0.25, -0.2) is 0 Å². The Morgan fingerprint density at radius 3 is 2.71 bits per heavy atom. The van der Waals surface area contributed by atoms with Crippen molar-refractivity contribution in [3.8, 4) is 0 Å². The molecule has 14 heavy (non-hydrogen) atoms. The summed E-state index contributed by atoms with van der Waals surface area (Å²) in [4.78, 5) is 0. The summed E-state index contributed by atoms with van der Waals surface area (Å²) in [7, 11) is 0. The summed E-state index contributed by atoms with van der Waals surface area (Å²) in [5.74, 6) is 0. The molecule has 0 amide bonds. The molecule has 72 valence electrons. The van der Waals surface area contributed by atoms with Crippen LogP contribution in [0.1, 0.15) is 10.6 Å². The molecule has 2 rings (SSSR count). The molecule has 0 spiro atoms. The van der Waals surface area contributed by atoms with Gasteiger partial charge in [0.1, 0.15) is 5.01 Å². The van der Waals surface area contributed by atoms with Crippen molar-refractivity contribution in [2.24, 2.45) is 0 Å². The Hall–Kier alpha value is -0.690. The molecular formula is C9H8IN3S. The highest BCUT2D eigenvalue weighted by Gasteiger charge is 2.04. The van der Waals surface area contributed by atoms with Crippen LogP contribution in [0.15, 0.2) is 24.3 Å². The number of nitrogens with zero attached hydrogens (tertiary/aromatic N) is 2. The normalized spacial score (nSPS) is 10.4. The summed E-state index contributed by atoms with van der Waals surface area (Å²) in [6.07, 6.45) is 0.813. The van der Waals surface area contributed by atoms with E-state index >= 15 is 0 Å². The summed E-state index contributed by atoms with van der Waals surface area (Å²) >= 11 is 3.76. The quantitative estimate of drug-likeness (QED) is 0.865. The van der Waals surface area contributed by atoms with E-state index in [1.54, 1.807) is 0 Å². The van der Waals surface area contributed by atoms with E-state index in [9.17, 15) is 0 Å². The number of nitrogen functional groups attached to an aromatic ring is 1. The van der Waals surface area contributed by atoms with E-state index in [2.05, 4.69) is 44.9 Å². The van der Waals surface area contributed by atoms with Gasteiger partial charge in [0.15, 0.2) is 0 Å². The molecule has 1 aromatic heterocycles. The first-order valence-corrected chi connectivity index (χ1v) is 5.96. The molecule has 0 unspecified atom stereocenters. The predicted octanol–water partition coefficient (Wildman–Crippen LogP) is 2.32. The number of rotatable bonds is 2. The smallest absolute Gasteiger partial charge is 0.203 e. The minimum Gasteiger partial charge on any atom is -0.374 e. The van der Waals surface area contributed by atoms with E-state index in [0.717, 1.165) is 11.4 Å². The van der Waals surface area contributed by atoms with Crippen molar-refractivity contribution in [3.63, 3.8) is 0 Å². The van der Waals surface area contributed by atoms with Gasteiger partial charge in [-0.15, -0.1) is 10.2 Å². The van der Waals surface area contributed by atoms with Crippen LogP contribution in [0.4, 0.5) is 5.13 Å². The van der Waals surface area contributed by atoms with Crippen LogP contribution in [-0.4, -0.2) is 10.2 Å². The third kappa shape index (κ3) is 2.21. The van der Waals surface area contributed by atoms with Gasteiger partial charge in [0.2, 0.25) is 5.13 Å². The molecule has 0 saturated heterocycles. The van der Waals surface area contributed by atoms with Gasteiger partial charge in [0.05, 0.1) is 0 Å². The molecular weight excluding hydrogens is 309 g/mol. The van der Waals surface area contributed by atoms with Crippen LogP contribution in [0.3, 0.4) is 0 Å². The lowest BCUT2D eigenvalue weighted by atomic mass is 10.2. The van der Waals surface area contributed by atoms with Crippen LogP contribution in [0.25, 0.3) is 0 Å². The maximum atomic E-state index is 5.51. The summed E-state index contributed by atoms with van der Waals surface area (Å²) < 4.78 is 1.25. The van der Waals surface area contributed by atoms with E-state index in [1.165, 1.54) is 20.5 Å². The summed E-state index contributed by atoms with van der Waals surface area (Å²) in [6.45, 7) is 0. The number of nitrogens with two attached hydrogens (primary N) is 1. The fraction of sp³-hybridized carbons (Fsp3) is 0.111. The third-order valence-corrected chi connectivity index (χ3v) is 3.59. The first kappa shape index (κ1) is 9.85.